The van der Waals surface area contributed by atoms with Crippen molar-refractivity contribution < 1.29 is 4.79 Å². The number of nitrogens with zero attached hydrogens (tertiary/aromatic N) is 1. The number of carbonyl (C=O) groups is 1. The maximum atomic E-state index is 12.0. The molecule has 0 saturated heterocycles. The monoisotopic (exact) mass is 206 g/mol. The lowest BCUT2D eigenvalue weighted by Gasteiger charge is -2.18. The van der Waals surface area contributed by atoms with E-state index in [0.29, 0.717) is 5.56 Å². The molecule has 0 atom stereocenters. The van der Waals surface area contributed by atoms with Crippen LogP contribution in [0.15, 0.2) is 18.2 Å². The quantitative estimate of drug-likeness (QED) is 0.769. The van der Waals surface area contributed by atoms with E-state index in [2.05, 4.69) is 0 Å². The molecule has 1 rings (SSSR count). The molecule has 0 aromatic heterocycles. The van der Waals surface area contributed by atoms with Crippen LogP contribution in [0.5, 0.6) is 0 Å². The van der Waals surface area contributed by atoms with E-state index in [9.17, 15) is 4.79 Å². The number of amides is 1. The first-order chi connectivity index (χ1) is 7.10. The average molecular weight is 206 g/mol. The number of hydrogen-bond acceptors (Lipinski definition) is 2. The van der Waals surface area contributed by atoms with Crippen molar-refractivity contribution >= 4 is 11.6 Å². The van der Waals surface area contributed by atoms with Crippen molar-refractivity contribution in [3.63, 3.8) is 0 Å². The number of anilines is 1. The van der Waals surface area contributed by atoms with Gasteiger partial charge in [-0.1, -0.05) is 0 Å². The predicted octanol–water partition coefficient (Wildman–Crippen LogP) is 2.06. The number of nitrogen functional groups attached to an aromatic ring is 1. The van der Waals surface area contributed by atoms with Gasteiger partial charge in [0.1, 0.15) is 0 Å². The first-order valence-corrected chi connectivity index (χ1v) is 5.25. The van der Waals surface area contributed by atoms with Crippen LogP contribution in [-0.2, 0) is 0 Å². The van der Waals surface area contributed by atoms with E-state index in [1.165, 1.54) is 0 Å². The standard InChI is InChI=1S/C12H18N2O/c1-4-14(5-2)12(15)10-6-7-11(13)9(3)8-10/h6-8H,4-5,13H2,1-3H3. The van der Waals surface area contributed by atoms with Gasteiger partial charge < -0.3 is 10.6 Å². The van der Waals surface area contributed by atoms with Crippen molar-refractivity contribution in [1.29, 1.82) is 0 Å². The third-order valence-electron chi connectivity index (χ3n) is 2.57. The summed E-state index contributed by atoms with van der Waals surface area (Å²) >= 11 is 0. The molecule has 0 aliphatic heterocycles. The van der Waals surface area contributed by atoms with Crippen LogP contribution in [0, 0.1) is 6.92 Å². The van der Waals surface area contributed by atoms with Gasteiger partial charge in [0.2, 0.25) is 0 Å². The number of nitrogens with two attached hydrogens (primary N) is 1. The molecule has 1 aromatic rings. The zero-order chi connectivity index (χ0) is 11.4. The summed E-state index contributed by atoms with van der Waals surface area (Å²) in [5.41, 5.74) is 8.10. The van der Waals surface area contributed by atoms with Gasteiger partial charge in [-0.25, -0.2) is 0 Å². The van der Waals surface area contributed by atoms with Crippen molar-refractivity contribution in [2.45, 2.75) is 20.8 Å². The van der Waals surface area contributed by atoms with Gasteiger partial charge in [0, 0.05) is 24.3 Å². The molecule has 15 heavy (non-hydrogen) atoms. The fourth-order valence-corrected chi connectivity index (χ4v) is 1.50. The van der Waals surface area contributed by atoms with E-state index in [1.54, 1.807) is 17.0 Å². The number of benzene rings is 1. The molecule has 0 aliphatic rings. The van der Waals surface area contributed by atoms with E-state index in [-0.39, 0.29) is 5.91 Å². The molecule has 0 unspecified atom stereocenters. The fourth-order valence-electron chi connectivity index (χ4n) is 1.50. The van der Waals surface area contributed by atoms with Crippen LogP contribution >= 0.6 is 0 Å². The normalized spacial score (nSPS) is 10.1. The Morgan fingerprint density at radius 3 is 2.40 bits per heavy atom. The summed E-state index contributed by atoms with van der Waals surface area (Å²) in [5.74, 6) is 0.0723. The minimum absolute atomic E-state index is 0.0723. The number of rotatable bonds is 3. The van der Waals surface area contributed by atoms with Crippen LogP contribution in [0.1, 0.15) is 29.8 Å². The molecule has 0 fully saturated rings. The third kappa shape index (κ3) is 2.49. The van der Waals surface area contributed by atoms with E-state index >= 15 is 0 Å². The minimum Gasteiger partial charge on any atom is -0.399 e. The highest BCUT2D eigenvalue weighted by molar-refractivity contribution is 5.94. The van der Waals surface area contributed by atoms with Gasteiger partial charge in [0.25, 0.3) is 5.91 Å². The van der Waals surface area contributed by atoms with E-state index in [1.807, 2.05) is 26.8 Å². The Morgan fingerprint density at radius 1 is 1.33 bits per heavy atom. The Bertz CT molecular complexity index is 357. The van der Waals surface area contributed by atoms with Gasteiger partial charge in [0.05, 0.1) is 0 Å². The Labute approximate surface area is 90.9 Å². The molecule has 0 aliphatic carbocycles. The zero-order valence-corrected chi connectivity index (χ0v) is 9.58. The smallest absolute Gasteiger partial charge is 0.253 e. The van der Waals surface area contributed by atoms with Gasteiger partial charge in [0.15, 0.2) is 0 Å². The van der Waals surface area contributed by atoms with Crippen LogP contribution in [0.25, 0.3) is 0 Å². The van der Waals surface area contributed by atoms with Gasteiger partial charge in [-0.15, -0.1) is 0 Å². The molecular formula is C12H18N2O. The molecule has 0 saturated carbocycles. The molecule has 1 aromatic carbocycles. The largest absolute Gasteiger partial charge is 0.399 e. The summed E-state index contributed by atoms with van der Waals surface area (Å²) in [5, 5.41) is 0. The maximum Gasteiger partial charge on any atom is 0.253 e. The molecule has 0 bridgehead atoms. The highest BCUT2D eigenvalue weighted by Gasteiger charge is 2.12. The summed E-state index contributed by atoms with van der Waals surface area (Å²) in [6, 6.07) is 5.41. The lowest BCUT2D eigenvalue weighted by atomic mass is 10.1. The van der Waals surface area contributed by atoms with E-state index < -0.39 is 0 Å². The lowest BCUT2D eigenvalue weighted by Crippen LogP contribution is -2.30. The second kappa shape index (κ2) is 4.82. The maximum absolute atomic E-state index is 12.0. The molecular weight excluding hydrogens is 188 g/mol. The SMILES string of the molecule is CCN(CC)C(=O)c1ccc(N)c(C)c1. The van der Waals surface area contributed by atoms with Gasteiger partial charge in [-0.2, -0.15) is 0 Å². The Balaban J connectivity index is 2.96. The van der Waals surface area contributed by atoms with E-state index in [0.717, 1.165) is 24.3 Å². The molecule has 0 heterocycles. The fraction of sp³-hybridized carbons (Fsp3) is 0.417. The van der Waals surface area contributed by atoms with Crippen LogP contribution in [-0.4, -0.2) is 23.9 Å². The number of hydrogen-bond donors (Lipinski definition) is 1. The van der Waals surface area contributed by atoms with Crippen LogP contribution in [0.2, 0.25) is 0 Å². The predicted molar refractivity (Wildman–Crippen MR) is 62.8 cm³/mol. The molecule has 3 nitrogen and oxygen atoms in total. The van der Waals surface area contributed by atoms with Crippen molar-refractivity contribution in [3.05, 3.63) is 29.3 Å². The Kier molecular flexibility index (Phi) is 3.72. The number of aryl methyl sites for hydroxylation is 1. The van der Waals surface area contributed by atoms with Gasteiger partial charge >= 0.3 is 0 Å². The summed E-state index contributed by atoms with van der Waals surface area (Å²) in [6.45, 7) is 7.34. The first kappa shape index (κ1) is 11.6. The van der Waals surface area contributed by atoms with Crippen molar-refractivity contribution in [2.24, 2.45) is 0 Å². The molecule has 1 amide bonds. The van der Waals surface area contributed by atoms with Crippen LogP contribution < -0.4 is 5.73 Å². The second-order valence-corrected chi connectivity index (χ2v) is 3.55. The lowest BCUT2D eigenvalue weighted by molar-refractivity contribution is 0.0773. The van der Waals surface area contributed by atoms with Crippen molar-refractivity contribution in [3.8, 4) is 0 Å². The molecule has 3 heteroatoms. The average Bonchev–Trinajstić information content (AvgIpc) is 2.23. The number of carbonyl (C=O) groups excluding carboxylic acids is 1. The van der Waals surface area contributed by atoms with E-state index in [4.69, 9.17) is 5.73 Å². The molecule has 2 N–H and O–H groups in total. The molecule has 82 valence electrons. The topological polar surface area (TPSA) is 46.3 Å². The third-order valence-corrected chi connectivity index (χ3v) is 2.57. The molecule has 0 radical (unpaired) electrons. The van der Waals surface area contributed by atoms with Gasteiger partial charge in [-0.05, 0) is 44.5 Å². The highest BCUT2D eigenvalue weighted by Crippen LogP contribution is 2.14. The van der Waals surface area contributed by atoms with Crippen molar-refractivity contribution in [1.82, 2.24) is 4.90 Å². The summed E-state index contributed by atoms with van der Waals surface area (Å²) in [4.78, 5) is 13.8. The molecule has 0 spiro atoms. The Hall–Kier alpha value is -1.51. The summed E-state index contributed by atoms with van der Waals surface area (Å²) in [6.07, 6.45) is 0. The van der Waals surface area contributed by atoms with Gasteiger partial charge in [-0.3, -0.25) is 4.79 Å². The zero-order valence-electron chi connectivity index (χ0n) is 9.58. The van der Waals surface area contributed by atoms with Crippen LogP contribution in [0.4, 0.5) is 5.69 Å². The second-order valence-electron chi connectivity index (χ2n) is 3.55. The first-order valence-electron chi connectivity index (χ1n) is 5.25. The van der Waals surface area contributed by atoms with Crippen molar-refractivity contribution in [2.75, 3.05) is 18.8 Å². The van der Waals surface area contributed by atoms with Crippen LogP contribution in [0.3, 0.4) is 0 Å². The summed E-state index contributed by atoms with van der Waals surface area (Å²) in [7, 11) is 0. The minimum atomic E-state index is 0.0723. The Morgan fingerprint density at radius 2 is 1.93 bits per heavy atom. The highest BCUT2D eigenvalue weighted by atomic mass is 16.2. The summed E-state index contributed by atoms with van der Waals surface area (Å²) < 4.78 is 0.